The van der Waals surface area contributed by atoms with Crippen LogP contribution in [0.3, 0.4) is 0 Å². The highest BCUT2D eigenvalue weighted by atomic mass is 79.9. The SMILES string of the molecule is NCC(F)c1csc(Br)c1. The van der Waals surface area contributed by atoms with Crippen LogP contribution in [0.2, 0.25) is 0 Å². The molecule has 0 saturated carbocycles. The van der Waals surface area contributed by atoms with Gasteiger partial charge in [-0.3, -0.25) is 0 Å². The molecular formula is C6H7BrFNS. The lowest BCUT2D eigenvalue weighted by Gasteiger charge is -1.98. The standard InChI is InChI=1S/C6H7BrFNS/c7-6-1-4(3-10-6)5(8)2-9/h1,3,5H,2,9H2. The summed E-state index contributed by atoms with van der Waals surface area (Å²) in [5.74, 6) is 0. The molecule has 0 aliphatic rings. The number of thiophene rings is 1. The minimum atomic E-state index is -1.01. The van der Waals surface area contributed by atoms with Gasteiger partial charge in [0.15, 0.2) is 0 Å². The molecule has 0 aliphatic heterocycles. The fourth-order valence-corrected chi connectivity index (χ4v) is 1.84. The van der Waals surface area contributed by atoms with E-state index in [4.69, 9.17) is 5.73 Å². The number of hydrogen-bond acceptors (Lipinski definition) is 2. The summed E-state index contributed by atoms with van der Waals surface area (Å²) in [5.41, 5.74) is 5.79. The summed E-state index contributed by atoms with van der Waals surface area (Å²) in [6.07, 6.45) is -1.01. The van der Waals surface area contributed by atoms with E-state index in [9.17, 15) is 4.39 Å². The Hall–Kier alpha value is 0.0700. The van der Waals surface area contributed by atoms with Crippen LogP contribution in [0, 0.1) is 0 Å². The average Bonchev–Trinajstić information content (AvgIpc) is 2.34. The minimum absolute atomic E-state index is 0.0587. The van der Waals surface area contributed by atoms with Crippen molar-refractivity contribution in [2.45, 2.75) is 6.17 Å². The zero-order valence-electron chi connectivity index (χ0n) is 5.18. The Kier molecular flexibility index (Phi) is 2.82. The Morgan fingerprint density at radius 2 is 2.50 bits per heavy atom. The second-order valence-corrected chi connectivity index (χ2v) is 4.18. The normalized spacial score (nSPS) is 13.5. The summed E-state index contributed by atoms with van der Waals surface area (Å²) in [7, 11) is 0. The molecule has 10 heavy (non-hydrogen) atoms. The van der Waals surface area contributed by atoms with Crippen LogP contribution in [0.15, 0.2) is 15.2 Å². The number of alkyl halides is 1. The highest BCUT2D eigenvalue weighted by Gasteiger charge is 2.07. The Labute approximate surface area is 71.2 Å². The monoisotopic (exact) mass is 223 g/mol. The van der Waals surface area contributed by atoms with Crippen molar-refractivity contribution in [1.82, 2.24) is 0 Å². The van der Waals surface area contributed by atoms with Crippen molar-refractivity contribution in [3.8, 4) is 0 Å². The Morgan fingerprint density at radius 1 is 1.80 bits per heavy atom. The smallest absolute Gasteiger partial charge is 0.138 e. The van der Waals surface area contributed by atoms with E-state index in [1.807, 2.05) is 0 Å². The van der Waals surface area contributed by atoms with Gasteiger partial charge in [0.1, 0.15) is 6.17 Å². The summed E-state index contributed by atoms with van der Waals surface area (Å²) in [6.45, 7) is 0.0587. The van der Waals surface area contributed by atoms with Gasteiger partial charge in [0.05, 0.1) is 3.79 Å². The van der Waals surface area contributed by atoms with Gasteiger partial charge >= 0.3 is 0 Å². The second kappa shape index (κ2) is 3.46. The maximum atomic E-state index is 12.7. The second-order valence-electron chi connectivity index (χ2n) is 1.89. The summed E-state index contributed by atoms with van der Waals surface area (Å²) in [5, 5.41) is 1.77. The molecule has 56 valence electrons. The van der Waals surface area contributed by atoms with Crippen LogP contribution in [-0.4, -0.2) is 6.54 Å². The fraction of sp³-hybridized carbons (Fsp3) is 0.333. The molecule has 4 heteroatoms. The fourth-order valence-electron chi connectivity index (χ4n) is 0.624. The molecule has 0 aliphatic carbocycles. The van der Waals surface area contributed by atoms with Crippen LogP contribution < -0.4 is 5.73 Å². The molecule has 1 atom stereocenters. The molecule has 0 fully saturated rings. The van der Waals surface area contributed by atoms with Crippen molar-refractivity contribution in [1.29, 1.82) is 0 Å². The van der Waals surface area contributed by atoms with E-state index in [1.54, 1.807) is 11.4 Å². The first-order valence-corrected chi connectivity index (χ1v) is 4.49. The molecule has 2 N–H and O–H groups in total. The summed E-state index contributed by atoms with van der Waals surface area (Å²) < 4.78 is 13.7. The molecule has 0 aromatic carbocycles. The van der Waals surface area contributed by atoms with E-state index in [1.165, 1.54) is 11.3 Å². The Balaban J connectivity index is 2.74. The molecule has 1 rings (SSSR count). The van der Waals surface area contributed by atoms with Crippen LogP contribution in [0.25, 0.3) is 0 Å². The molecule has 0 spiro atoms. The van der Waals surface area contributed by atoms with E-state index in [2.05, 4.69) is 15.9 Å². The lowest BCUT2D eigenvalue weighted by atomic mass is 10.2. The third-order valence-electron chi connectivity index (χ3n) is 1.16. The van der Waals surface area contributed by atoms with Crippen LogP contribution in [0.4, 0.5) is 4.39 Å². The minimum Gasteiger partial charge on any atom is -0.327 e. The van der Waals surface area contributed by atoms with Crippen molar-refractivity contribution in [2.24, 2.45) is 5.73 Å². The van der Waals surface area contributed by atoms with Crippen molar-refractivity contribution in [3.05, 3.63) is 20.8 Å². The van der Waals surface area contributed by atoms with Gasteiger partial charge in [-0.1, -0.05) is 0 Å². The van der Waals surface area contributed by atoms with Crippen LogP contribution in [-0.2, 0) is 0 Å². The summed E-state index contributed by atoms with van der Waals surface area (Å²) in [4.78, 5) is 0. The van der Waals surface area contributed by atoms with E-state index in [0.29, 0.717) is 5.56 Å². The number of halogens is 2. The molecule has 1 unspecified atom stereocenters. The van der Waals surface area contributed by atoms with E-state index in [-0.39, 0.29) is 6.54 Å². The zero-order chi connectivity index (χ0) is 7.56. The summed E-state index contributed by atoms with van der Waals surface area (Å²) >= 11 is 4.71. The van der Waals surface area contributed by atoms with E-state index < -0.39 is 6.17 Å². The lowest BCUT2D eigenvalue weighted by molar-refractivity contribution is 0.353. The van der Waals surface area contributed by atoms with Crippen molar-refractivity contribution in [3.63, 3.8) is 0 Å². The molecule has 1 aromatic heterocycles. The largest absolute Gasteiger partial charge is 0.327 e. The molecule has 1 heterocycles. The van der Waals surface area contributed by atoms with Gasteiger partial charge in [0.25, 0.3) is 0 Å². The molecule has 0 bridgehead atoms. The Bertz CT molecular complexity index is 213. The van der Waals surface area contributed by atoms with E-state index in [0.717, 1.165) is 3.79 Å². The molecule has 0 saturated heterocycles. The molecule has 1 nitrogen and oxygen atoms in total. The number of nitrogens with two attached hydrogens (primary N) is 1. The first kappa shape index (κ1) is 8.17. The predicted molar refractivity (Wildman–Crippen MR) is 44.9 cm³/mol. The third-order valence-corrected chi connectivity index (χ3v) is 2.68. The maximum absolute atomic E-state index is 12.7. The number of rotatable bonds is 2. The highest BCUT2D eigenvalue weighted by molar-refractivity contribution is 9.11. The Morgan fingerprint density at radius 3 is 2.90 bits per heavy atom. The number of hydrogen-bond donors (Lipinski definition) is 1. The van der Waals surface area contributed by atoms with E-state index >= 15 is 0 Å². The molecule has 1 aromatic rings. The van der Waals surface area contributed by atoms with Crippen molar-refractivity contribution >= 4 is 27.3 Å². The van der Waals surface area contributed by atoms with Gasteiger partial charge in [-0.2, -0.15) is 0 Å². The lowest BCUT2D eigenvalue weighted by Crippen LogP contribution is -2.06. The van der Waals surface area contributed by atoms with Gasteiger partial charge in [-0.15, -0.1) is 11.3 Å². The molecule has 0 radical (unpaired) electrons. The third kappa shape index (κ3) is 1.78. The van der Waals surface area contributed by atoms with Crippen LogP contribution in [0.1, 0.15) is 11.7 Å². The molecular weight excluding hydrogens is 217 g/mol. The maximum Gasteiger partial charge on any atom is 0.138 e. The highest BCUT2D eigenvalue weighted by Crippen LogP contribution is 2.26. The van der Waals surface area contributed by atoms with Crippen molar-refractivity contribution < 1.29 is 4.39 Å². The first-order chi connectivity index (χ1) is 4.74. The van der Waals surface area contributed by atoms with Gasteiger partial charge in [-0.05, 0) is 32.9 Å². The van der Waals surface area contributed by atoms with Crippen molar-refractivity contribution in [2.75, 3.05) is 6.54 Å². The van der Waals surface area contributed by atoms with Crippen LogP contribution in [0.5, 0.6) is 0 Å². The van der Waals surface area contributed by atoms with Gasteiger partial charge in [0, 0.05) is 6.54 Å². The zero-order valence-corrected chi connectivity index (χ0v) is 7.58. The summed E-state index contributed by atoms with van der Waals surface area (Å²) in [6, 6.07) is 1.75. The molecule has 0 amide bonds. The average molecular weight is 224 g/mol. The first-order valence-electron chi connectivity index (χ1n) is 2.82. The predicted octanol–water partition coefficient (Wildman–Crippen LogP) is 2.48. The van der Waals surface area contributed by atoms with Gasteiger partial charge in [0.2, 0.25) is 0 Å². The topological polar surface area (TPSA) is 26.0 Å². The van der Waals surface area contributed by atoms with Gasteiger partial charge < -0.3 is 5.73 Å². The van der Waals surface area contributed by atoms with Crippen LogP contribution >= 0.6 is 27.3 Å². The quantitative estimate of drug-likeness (QED) is 0.820. The van der Waals surface area contributed by atoms with Gasteiger partial charge in [-0.25, -0.2) is 4.39 Å².